The minimum atomic E-state index is 0.614. The molecule has 0 saturated carbocycles. The minimum absolute atomic E-state index is 0.614. The highest BCUT2D eigenvalue weighted by Gasteiger charge is 2.11. The summed E-state index contributed by atoms with van der Waals surface area (Å²) in [5.41, 5.74) is 1.11. The maximum absolute atomic E-state index is 5.67. The fourth-order valence-electron chi connectivity index (χ4n) is 2.05. The summed E-state index contributed by atoms with van der Waals surface area (Å²) < 4.78 is 11.0. The van der Waals surface area contributed by atoms with Crippen molar-refractivity contribution in [1.82, 2.24) is 4.98 Å². The number of ether oxygens (including phenoxy) is 2. The molecule has 1 saturated heterocycles. The average Bonchev–Trinajstić information content (AvgIpc) is 2.50. The number of para-hydroxylation sites is 1. The van der Waals surface area contributed by atoms with E-state index in [0.29, 0.717) is 5.88 Å². The van der Waals surface area contributed by atoms with Gasteiger partial charge in [0.15, 0.2) is 0 Å². The average molecular weight is 256 g/mol. The summed E-state index contributed by atoms with van der Waals surface area (Å²) in [6, 6.07) is 13.6. The Balaban J connectivity index is 1.68. The molecular weight excluding hydrogens is 240 g/mol. The molecule has 19 heavy (non-hydrogen) atoms. The van der Waals surface area contributed by atoms with Gasteiger partial charge in [-0.05, 0) is 18.2 Å². The lowest BCUT2D eigenvalue weighted by Crippen LogP contribution is -2.36. The van der Waals surface area contributed by atoms with Crippen molar-refractivity contribution in [2.75, 3.05) is 31.2 Å². The molecule has 0 unspecified atom stereocenters. The summed E-state index contributed by atoms with van der Waals surface area (Å²) >= 11 is 0. The van der Waals surface area contributed by atoms with Crippen LogP contribution in [0.1, 0.15) is 0 Å². The van der Waals surface area contributed by atoms with Crippen LogP contribution in [0.5, 0.6) is 11.6 Å². The number of nitrogens with zero attached hydrogens (tertiary/aromatic N) is 2. The van der Waals surface area contributed by atoms with E-state index >= 15 is 0 Å². The lowest BCUT2D eigenvalue weighted by atomic mass is 10.3. The van der Waals surface area contributed by atoms with Gasteiger partial charge in [0.2, 0.25) is 5.88 Å². The molecule has 0 spiro atoms. The highest BCUT2D eigenvalue weighted by atomic mass is 16.5. The van der Waals surface area contributed by atoms with E-state index in [9.17, 15) is 0 Å². The van der Waals surface area contributed by atoms with E-state index in [0.717, 1.165) is 37.7 Å². The van der Waals surface area contributed by atoms with Gasteiger partial charge in [-0.25, -0.2) is 4.98 Å². The molecular formula is C15H16N2O2. The van der Waals surface area contributed by atoms with E-state index in [1.54, 1.807) is 0 Å². The Morgan fingerprint density at radius 2 is 1.79 bits per heavy atom. The summed E-state index contributed by atoms with van der Waals surface area (Å²) in [7, 11) is 0. The van der Waals surface area contributed by atoms with E-state index in [-0.39, 0.29) is 0 Å². The molecule has 0 atom stereocenters. The molecule has 1 aromatic heterocycles. The smallest absolute Gasteiger partial charge is 0.219 e. The lowest BCUT2D eigenvalue weighted by molar-refractivity contribution is 0.122. The third-order valence-electron chi connectivity index (χ3n) is 3.06. The molecule has 1 aliphatic rings. The summed E-state index contributed by atoms with van der Waals surface area (Å²) in [6.45, 7) is 3.39. The van der Waals surface area contributed by atoms with Crippen LogP contribution in [0.25, 0.3) is 0 Å². The lowest BCUT2D eigenvalue weighted by Gasteiger charge is -2.28. The van der Waals surface area contributed by atoms with Crippen LogP contribution in [0.15, 0.2) is 48.7 Å². The number of rotatable bonds is 3. The molecule has 0 amide bonds. The SMILES string of the molecule is c1ccc(Oc2ccc(N3CCOCC3)cn2)cc1. The Morgan fingerprint density at radius 3 is 2.47 bits per heavy atom. The number of anilines is 1. The Kier molecular flexibility index (Phi) is 3.61. The molecule has 4 heteroatoms. The van der Waals surface area contributed by atoms with Gasteiger partial charge in [0, 0.05) is 19.2 Å². The molecule has 0 aliphatic carbocycles. The Morgan fingerprint density at radius 1 is 1.00 bits per heavy atom. The quantitative estimate of drug-likeness (QED) is 0.845. The second-order valence-corrected chi connectivity index (χ2v) is 4.37. The zero-order valence-corrected chi connectivity index (χ0v) is 10.7. The first kappa shape index (κ1) is 12.0. The van der Waals surface area contributed by atoms with Gasteiger partial charge in [-0.1, -0.05) is 18.2 Å². The van der Waals surface area contributed by atoms with E-state index in [2.05, 4.69) is 9.88 Å². The van der Waals surface area contributed by atoms with Gasteiger partial charge in [0.05, 0.1) is 25.1 Å². The summed E-state index contributed by atoms with van der Waals surface area (Å²) in [5, 5.41) is 0. The van der Waals surface area contributed by atoms with Crippen molar-refractivity contribution in [3.8, 4) is 11.6 Å². The van der Waals surface area contributed by atoms with Crippen LogP contribution in [0.3, 0.4) is 0 Å². The van der Waals surface area contributed by atoms with Crippen LogP contribution >= 0.6 is 0 Å². The third-order valence-corrected chi connectivity index (χ3v) is 3.06. The van der Waals surface area contributed by atoms with Crippen molar-refractivity contribution in [1.29, 1.82) is 0 Å². The summed E-state index contributed by atoms with van der Waals surface area (Å²) in [5.74, 6) is 1.41. The molecule has 0 N–H and O–H groups in total. The number of morpholine rings is 1. The first-order chi connectivity index (χ1) is 9.42. The number of hydrogen-bond donors (Lipinski definition) is 0. The molecule has 0 radical (unpaired) electrons. The minimum Gasteiger partial charge on any atom is -0.439 e. The van der Waals surface area contributed by atoms with Gasteiger partial charge in [0.1, 0.15) is 5.75 Å². The molecule has 1 fully saturated rings. The molecule has 4 nitrogen and oxygen atoms in total. The topological polar surface area (TPSA) is 34.6 Å². The molecule has 1 aliphatic heterocycles. The molecule has 1 aromatic carbocycles. The van der Waals surface area contributed by atoms with Crippen molar-refractivity contribution >= 4 is 5.69 Å². The zero-order chi connectivity index (χ0) is 12.9. The van der Waals surface area contributed by atoms with Crippen molar-refractivity contribution in [3.63, 3.8) is 0 Å². The fourth-order valence-corrected chi connectivity index (χ4v) is 2.05. The number of hydrogen-bond acceptors (Lipinski definition) is 4. The second kappa shape index (κ2) is 5.71. The predicted molar refractivity (Wildman–Crippen MR) is 73.8 cm³/mol. The standard InChI is InChI=1S/C15H16N2O2/c1-2-4-14(5-3-1)19-15-7-6-13(12-16-15)17-8-10-18-11-9-17/h1-7,12H,8-11H2. The maximum atomic E-state index is 5.67. The van der Waals surface area contributed by atoms with Gasteiger partial charge in [-0.15, -0.1) is 0 Å². The van der Waals surface area contributed by atoms with Crippen LogP contribution in [0.2, 0.25) is 0 Å². The first-order valence-electron chi connectivity index (χ1n) is 6.43. The monoisotopic (exact) mass is 256 g/mol. The van der Waals surface area contributed by atoms with Gasteiger partial charge >= 0.3 is 0 Å². The van der Waals surface area contributed by atoms with Crippen molar-refractivity contribution in [2.24, 2.45) is 0 Å². The first-order valence-corrected chi connectivity index (χ1v) is 6.43. The van der Waals surface area contributed by atoms with Gasteiger partial charge < -0.3 is 14.4 Å². The van der Waals surface area contributed by atoms with Crippen molar-refractivity contribution in [2.45, 2.75) is 0 Å². The number of pyridine rings is 1. The van der Waals surface area contributed by atoms with Crippen LogP contribution in [-0.2, 0) is 4.74 Å². The van der Waals surface area contributed by atoms with Gasteiger partial charge in [-0.2, -0.15) is 0 Å². The number of benzene rings is 1. The molecule has 2 heterocycles. The van der Waals surface area contributed by atoms with Crippen molar-refractivity contribution < 1.29 is 9.47 Å². The largest absolute Gasteiger partial charge is 0.439 e. The summed E-state index contributed by atoms with van der Waals surface area (Å²) in [4.78, 5) is 6.61. The predicted octanol–water partition coefficient (Wildman–Crippen LogP) is 2.71. The Labute approximate surface area is 112 Å². The Hall–Kier alpha value is -2.07. The maximum Gasteiger partial charge on any atom is 0.219 e. The fraction of sp³-hybridized carbons (Fsp3) is 0.267. The van der Waals surface area contributed by atoms with E-state index in [1.165, 1.54) is 0 Å². The second-order valence-electron chi connectivity index (χ2n) is 4.37. The molecule has 2 aromatic rings. The normalized spacial score (nSPS) is 15.3. The third kappa shape index (κ3) is 3.03. The van der Waals surface area contributed by atoms with Crippen molar-refractivity contribution in [3.05, 3.63) is 48.7 Å². The number of aromatic nitrogens is 1. The zero-order valence-electron chi connectivity index (χ0n) is 10.7. The highest BCUT2D eigenvalue weighted by molar-refractivity contribution is 5.46. The summed E-state index contributed by atoms with van der Waals surface area (Å²) in [6.07, 6.45) is 1.85. The Bertz CT molecular complexity index is 507. The molecule has 0 bridgehead atoms. The van der Waals surface area contributed by atoms with E-state index < -0.39 is 0 Å². The molecule has 3 rings (SSSR count). The van der Waals surface area contributed by atoms with Gasteiger partial charge in [0.25, 0.3) is 0 Å². The van der Waals surface area contributed by atoms with Crippen LogP contribution in [0, 0.1) is 0 Å². The van der Waals surface area contributed by atoms with Crippen LogP contribution < -0.4 is 9.64 Å². The highest BCUT2D eigenvalue weighted by Crippen LogP contribution is 2.21. The van der Waals surface area contributed by atoms with E-state index in [4.69, 9.17) is 9.47 Å². The van der Waals surface area contributed by atoms with Crippen LogP contribution in [0.4, 0.5) is 5.69 Å². The van der Waals surface area contributed by atoms with Crippen LogP contribution in [-0.4, -0.2) is 31.3 Å². The van der Waals surface area contributed by atoms with Gasteiger partial charge in [-0.3, -0.25) is 0 Å². The van der Waals surface area contributed by atoms with E-state index in [1.807, 2.05) is 48.7 Å². The molecule has 98 valence electrons.